The molecule has 0 atom stereocenters. The fourth-order valence-electron chi connectivity index (χ4n) is 2.92. The zero-order valence-electron chi connectivity index (χ0n) is 15.3. The highest BCUT2D eigenvalue weighted by molar-refractivity contribution is 6.30. The van der Waals surface area contributed by atoms with Crippen LogP contribution in [0.4, 0.5) is 5.69 Å². The lowest BCUT2D eigenvalue weighted by molar-refractivity contribution is -0.384. The Labute approximate surface area is 166 Å². The Bertz CT molecular complexity index is 1050. The fourth-order valence-corrected chi connectivity index (χ4v) is 3.04. The van der Waals surface area contributed by atoms with Gasteiger partial charge in [-0.05, 0) is 37.6 Å². The van der Waals surface area contributed by atoms with Crippen molar-refractivity contribution in [1.82, 2.24) is 4.98 Å². The molecule has 3 rings (SSSR count). The van der Waals surface area contributed by atoms with Gasteiger partial charge in [0.1, 0.15) is 0 Å². The minimum atomic E-state index is -0.517. The summed E-state index contributed by atoms with van der Waals surface area (Å²) in [6, 6.07) is 15.0. The summed E-state index contributed by atoms with van der Waals surface area (Å²) in [7, 11) is 0. The number of nitro groups is 1. The highest BCUT2D eigenvalue weighted by atomic mass is 35.5. The van der Waals surface area contributed by atoms with Crippen LogP contribution >= 0.6 is 11.6 Å². The quantitative estimate of drug-likeness (QED) is 0.325. The molecule has 28 heavy (non-hydrogen) atoms. The van der Waals surface area contributed by atoms with E-state index in [1.165, 1.54) is 12.1 Å². The van der Waals surface area contributed by atoms with Gasteiger partial charge in [0, 0.05) is 28.3 Å². The third-order valence-electron chi connectivity index (χ3n) is 4.19. The Morgan fingerprint density at radius 2 is 1.86 bits per heavy atom. The molecule has 0 N–H and O–H groups in total. The van der Waals surface area contributed by atoms with E-state index < -0.39 is 10.9 Å². The normalized spacial score (nSPS) is 10.5. The minimum absolute atomic E-state index is 0.0604. The summed E-state index contributed by atoms with van der Waals surface area (Å²) in [5.74, 6) is -0.517. The van der Waals surface area contributed by atoms with Gasteiger partial charge in [0.25, 0.3) is 5.69 Å². The van der Waals surface area contributed by atoms with E-state index in [1.54, 1.807) is 44.2 Å². The predicted molar refractivity (Wildman–Crippen MR) is 107 cm³/mol. The van der Waals surface area contributed by atoms with Gasteiger partial charge >= 0.3 is 5.97 Å². The topological polar surface area (TPSA) is 82.3 Å². The summed E-state index contributed by atoms with van der Waals surface area (Å²) in [6.45, 7) is 3.65. The van der Waals surface area contributed by atoms with E-state index in [9.17, 15) is 14.9 Å². The summed E-state index contributed by atoms with van der Waals surface area (Å²) < 4.78 is 5.18. The number of non-ortho nitro benzene ring substituents is 1. The maximum Gasteiger partial charge on any atom is 0.340 e. The number of aromatic nitrogens is 1. The van der Waals surface area contributed by atoms with E-state index in [0.717, 1.165) is 5.56 Å². The van der Waals surface area contributed by atoms with Crippen molar-refractivity contribution in [3.63, 3.8) is 0 Å². The van der Waals surface area contributed by atoms with E-state index in [0.29, 0.717) is 33.1 Å². The summed E-state index contributed by atoms with van der Waals surface area (Å²) in [5.41, 5.74) is 3.22. The molecule has 0 aliphatic rings. The van der Waals surface area contributed by atoms with Gasteiger partial charge < -0.3 is 4.74 Å². The largest absolute Gasteiger partial charge is 0.462 e. The molecule has 1 heterocycles. The fraction of sp³-hybridized carbons (Fsp3) is 0.143. The van der Waals surface area contributed by atoms with E-state index in [2.05, 4.69) is 4.98 Å². The monoisotopic (exact) mass is 396 g/mol. The van der Waals surface area contributed by atoms with E-state index >= 15 is 0 Å². The Hall–Kier alpha value is -3.25. The molecule has 0 saturated carbocycles. The number of nitro benzene ring substituents is 1. The molecule has 0 aliphatic heterocycles. The molecule has 142 valence electrons. The number of ether oxygens (including phenoxy) is 1. The second-order valence-electron chi connectivity index (χ2n) is 6.05. The lowest BCUT2D eigenvalue weighted by Crippen LogP contribution is -2.10. The van der Waals surface area contributed by atoms with Crippen LogP contribution in [0, 0.1) is 17.0 Å². The molecule has 0 radical (unpaired) electrons. The summed E-state index contributed by atoms with van der Waals surface area (Å²) >= 11 is 5.96. The number of hydrogen-bond donors (Lipinski definition) is 0. The average molecular weight is 397 g/mol. The van der Waals surface area contributed by atoms with Crippen LogP contribution in [0.2, 0.25) is 5.02 Å². The molecule has 1 aromatic heterocycles. The first-order valence-corrected chi connectivity index (χ1v) is 8.98. The molecule has 0 fully saturated rings. The Balaban J connectivity index is 2.24. The van der Waals surface area contributed by atoms with Crippen molar-refractivity contribution in [3.8, 4) is 22.4 Å². The third kappa shape index (κ3) is 4.02. The number of nitrogens with zero attached hydrogens (tertiary/aromatic N) is 2. The van der Waals surface area contributed by atoms with Crippen LogP contribution in [0.15, 0.2) is 54.6 Å². The van der Waals surface area contributed by atoms with Crippen molar-refractivity contribution in [3.05, 3.63) is 81.0 Å². The summed E-state index contributed by atoms with van der Waals surface area (Å²) in [5, 5.41) is 11.8. The van der Waals surface area contributed by atoms with Gasteiger partial charge in [-0.25, -0.2) is 4.79 Å². The number of halogens is 1. The van der Waals surface area contributed by atoms with E-state index in [4.69, 9.17) is 16.3 Å². The standard InChI is InChI=1S/C21H17ClN2O4/c1-3-28-21(25)20-13(2)23-19(14-7-9-16(22)10-8-14)12-18(20)15-5-4-6-17(11-15)24(26)27/h4-12H,3H2,1-2H3. The zero-order valence-corrected chi connectivity index (χ0v) is 16.1. The number of benzene rings is 2. The summed E-state index contributed by atoms with van der Waals surface area (Å²) in [6.07, 6.45) is 0. The average Bonchev–Trinajstić information content (AvgIpc) is 2.68. The van der Waals surface area contributed by atoms with Crippen molar-refractivity contribution in [2.24, 2.45) is 0 Å². The van der Waals surface area contributed by atoms with Gasteiger partial charge in [-0.2, -0.15) is 0 Å². The van der Waals surface area contributed by atoms with E-state index in [-0.39, 0.29) is 12.3 Å². The minimum Gasteiger partial charge on any atom is -0.462 e. The Morgan fingerprint density at radius 3 is 2.50 bits per heavy atom. The van der Waals surface area contributed by atoms with Crippen LogP contribution in [0.3, 0.4) is 0 Å². The third-order valence-corrected chi connectivity index (χ3v) is 4.44. The van der Waals surface area contributed by atoms with Gasteiger partial charge in [0.2, 0.25) is 0 Å². The van der Waals surface area contributed by atoms with Gasteiger partial charge in [0.05, 0.1) is 28.5 Å². The zero-order chi connectivity index (χ0) is 20.3. The molecule has 0 amide bonds. The van der Waals surface area contributed by atoms with Crippen LogP contribution in [-0.4, -0.2) is 22.5 Å². The first-order chi connectivity index (χ1) is 13.4. The lowest BCUT2D eigenvalue weighted by atomic mass is 9.96. The van der Waals surface area contributed by atoms with Crippen LogP contribution in [0.5, 0.6) is 0 Å². The molecule has 6 nitrogen and oxygen atoms in total. The number of hydrogen-bond acceptors (Lipinski definition) is 5. The molecule has 0 spiro atoms. The van der Waals surface area contributed by atoms with Crippen molar-refractivity contribution < 1.29 is 14.5 Å². The maximum absolute atomic E-state index is 12.6. The highest BCUT2D eigenvalue weighted by Gasteiger charge is 2.21. The molecule has 0 saturated heterocycles. The molecule has 0 bridgehead atoms. The van der Waals surface area contributed by atoms with Crippen molar-refractivity contribution in [2.45, 2.75) is 13.8 Å². The number of carbonyl (C=O) groups excluding carboxylic acids is 1. The lowest BCUT2D eigenvalue weighted by Gasteiger charge is -2.14. The second-order valence-corrected chi connectivity index (χ2v) is 6.49. The SMILES string of the molecule is CCOC(=O)c1c(-c2cccc([N+](=O)[O-])c2)cc(-c2ccc(Cl)cc2)nc1C. The first kappa shape index (κ1) is 19.5. The highest BCUT2D eigenvalue weighted by Crippen LogP contribution is 2.32. The molecule has 0 unspecified atom stereocenters. The van der Waals surface area contributed by atoms with Crippen LogP contribution in [-0.2, 0) is 4.74 Å². The molecule has 2 aromatic carbocycles. The number of aryl methyl sites for hydroxylation is 1. The molecular weight excluding hydrogens is 380 g/mol. The van der Waals surface area contributed by atoms with Gasteiger partial charge in [-0.15, -0.1) is 0 Å². The van der Waals surface area contributed by atoms with Crippen LogP contribution in [0.1, 0.15) is 23.0 Å². The summed E-state index contributed by atoms with van der Waals surface area (Å²) in [4.78, 5) is 27.8. The number of pyridine rings is 1. The van der Waals surface area contributed by atoms with Crippen molar-refractivity contribution in [2.75, 3.05) is 6.61 Å². The maximum atomic E-state index is 12.6. The Morgan fingerprint density at radius 1 is 1.14 bits per heavy atom. The van der Waals surface area contributed by atoms with Crippen molar-refractivity contribution in [1.29, 1.82) is 0 Å². The molecule has 3 aromatic rings. The number of carbonyl (C=O) groups is 1. The van der Waals surface area contributed by atoms with E-state index in [1.807, 2.05) is 12.1 Å². The predicted octanol–water partition coefficient (Wildman–Crippen LogP) is 5.46. The number of esters is 1. The molecule has 7 heteroatoms. The van der Waals surface area contributed by atoms with Crippen LogP contribution in [0.25, 0.3) is 22.4 Å². The number of rotatable bonds is 5. The first-order valence-electron chi connectivity index (χ1n) is 8.60. The van der Waals surface area contributed by atoms with Gasteiger partial charge in [-0.3, -0.25) is 15.1 Å². The molecular formula is C21H17ClN2O4. The van der Waals surface area contributed by atoms with Gasteiger partial charge in [-0.1, -0.05) is 35.9 Å². The van der Waals surface area contributed by atoms with Gasteiger partial charge in [0.15, 0.2) is 0 Å². The smallest absolute Gasteiger partial charge is 0.340 e. The van der Waals surface area contributed by atoms with Crippen molar-refractivity contribution >= 4 is 23.3 Å². The van der Waals surface area contributed by atoms with Crippen LogP contribution < -0.4 is 0 Å². The molecule has 0 aliphatic carbocycles. The second kappa shape index (κ2) is 8.19. The Kier molecular flexibility index (Phi) is 5.70.